The standard InChI is InChI=1S/C17H22N8O/c1-3-14-19-20-15-4-5-16(22-25(14)15)24-8-12-6-23(7-13(12)9-24)10-17-21-18-11(2)26-17/h4-5,12-13H,3,6-10H2,1-2H3. The summed E-state index contributed by atoms with van der Waals surface area (Å²) in [6.07, 6.45) is 0.826. The lowest BCUT2D eigenvalue weighted by molar-refractivity contribution is 0.271. The molecule has 2 saturated heterocycles. The summed E-state index contributed by atoms with van der Waals surface area (Å²) in [5.41, 5.74) is 0.811. The van der Waals surface area contributed by atoms with Gasteiger partial charge in [0.2, 0.25) is 11.8 Å². The molecule has 3 aromatic heterocycles. The second-order valence-corrected chi connectivity index (χ2v) is 7.27. The fraction of sp³-hybridized carbons (Fsp3) is 0.588. The molecular formula is C17H22N8O. The number of aromatic nitrogens is 6. The largest absolute Gasteiger partial charge is 0.424 e. The molecule has 2 fully saturated rings. The van der Waals surface area contributed by atoms with Crippen molar-refractivity contribution < 1.29 is 4.42 Å². The second-order valence-electron chi connectivity index (χ2n) is 7.27. The van der Waals surface area contributed by atoms with Crippen LogP contribution in [0.3, 0.4) is 0 Å². The summed E-state index contributed by atoms with van der Waals surface area (Å²) in [4.78, 5) is 4.81. The van der Waals surface area contributed by atoms with Crippen molar-refractivity contribution in [3.05, 3.63) is 29.7 Å². The Morgan fingerprint density at radius 1 is 1.04 bits per heavy atom. The van der Waals surface area contributed by atoms with E-state index in [9.17, 15) is 0 Å². The highest BCUT2D eigenvalue weighted by Crippen LogP contribution is 2.33. The fourth-order valence-electron chi connectivity index (χ4n) is 4.21. The number of rotatable bonds is 4. The summed E-state index contributed by atoms with van der Waals surface area (Å²) in [6, 6.07) is 4.07. The van der Waals surface area contributed by atoms with E-state index >= 15 is 0 Å². The zero-order valence-electron chi connectivity index (χ0n) is 15.0. The molecule has 5 rings (SSSR count). The van der Waals surface area contributed by atoms with Crippen LogP contribution in [0, 0.1) is 18.8 Å². The van der Waals surface area contributed by atoms with Crippen molar-refractivity contribution in [1.29, 1.82) is 0 Å². The molecule has 0 radical (unpaired) electrons. The molecule has 9 nitrogen and oxygen atoms in total. The maximum Gasteiger partial charge on any atom is 0.230 e. The van der Waals surface area contributed by atoms with E-state index < -0.39 is 0 Å². The highest BCUT2D eigenvalue weighted by Gasteiger charge is 2.40. The van der Waals surface area contributed by atoms with Crippen molar-refractivity contribution in [3.63, 3.8) is 0 Å². The molecule has 0 aliphatic carbocycles. The number of aryl methyl sites for hydroxylation is 2. The number of hydrogen-bond donors (Lipinski definition) is 0. The van der Waals surface area contributed by atoms with Gasteiger partial charge in [-0.1, -0.05) is 6.92 Å². The van der Waals surface area contributed by atoms with Gasteiger partial charge >= 0.3 is 0 Å². The maximum absolute atomic E-state index is 5.51. The van der Waals surface area contributed by atoms with Crippen LogP contribution in [-0.2, 0) is 13.0 Å². The third-order valence-electron chi connectivity index (χ3n) is 5.44. The van der Waals surface area contributed by atoms with Gasteiger partial charge in [0.1, 0.15) is 5.82 Å². The van der Waals surface area contributed by atoms with Crippen LogP contribution in [0.15, 0.2) is 16.5 Å². The zero-order valence-corrected chi connectivity index (χ0v) is 15.0. The molecule has 2 atom stereocenters. The van der Waals surface area contributed by atoms with Crippen LogP contribution in [0.4, 0.5) is 5.82 Å². The van der Waals surface area contributed by atoms with E-state index in [0.29, 0.717) is 23.6 Å². The van der Waals surface area contributed by atoms with Gasteiger partial charge in [-0.15, -0.1) is 25.5 Å². The predicted octanol–water partition coefficient (Wildman–Crippen LogP) is 0.946. The summed E-state index contributed by atoms with van der Waals surface area (Å²) in [5.74, 6) is 4.58. The molecule has 0 aromatic carbocycles. The number of fused-ring (bicyclic) bond motifs is 2. The van der Waals surface area contributed by atoms with E-state index in [2.05, 4.69) is 43.2 Å². The minimum Gasteiger partial charge on any atom is -0.424 e. The number of hydrogen-bond acceptors (Lipinski definition) is 8. The lowest BCUT2D eigenvalue weighted by Crippen LogP contribution is -2.29. The summed E-state index contributed by atoms with van der Waals surface area (Å²) in [5, 5.41) is 21.2. The van der Waals surface area contributed by atoms with Crippen molar-refractivity contribution in [2.45, 2.75) is 26.8 Å². The Balaban J connectivity index is 1.27. The number of nitrogens with zero attached hydrogens (tertiary/aromatic N) is 8. The van der Waals surface area contributed by atoms with Crippen molar-refractivity contribution in [2.24, 2.45) is 11.8 Å². The molecule has 0 saturated carbocycles. The molecule has 2 aliphatic heterocycles. The number of anilines is 1. The van der Waals surface area contributed by atoms with Crippen LogP contribution >= 0.6 is 0 Å². The van der Waals surface area contributed by atoms with Gasteiger partial charge in [-0.3, -0.25) is 4.90 Å². The summed E-state index contributed by atoms with van der Waals surface area (Å²) in [6.45, 7) is 8.85. The van der Waals surface area contributed by atoms with Crippen LogP contribution in [0.5, 0.6) is 0 Å². The van der Waals surface area contributed by atoms with E-state index in [-0.39, 0.29) is 0 Å². The average Bonchev–Trinajstić information content (AvgIpc) is 3.37. The highest BCUT2D eigenvalue weighted by molar-refractivity contribution is 5.46. The fourth-order valence-corrected chi connectivity index (χ4v) is 4.21. The SMILES string of the molecule is CCc1nnc2ccc(N3CC4CN(Cc5nnc(C)o5)CC4C3)nn12. The molecular weight excluding hydrogens is 332 g/mol. The van der Waals surface area contributed by atoms with Gasteiger partial charge in [0.25, 0.3) is 0 Å². The van der Waals surface area contributed by atoms with Crippen LogP contribution in [-0.4, -0.2) is 61.1 Å². The van der Waals surface area contributed by atoms with E-state index in [1.807, 2.05) is 17.5 Å². The van der Waals surface area contributed by atoms with E-state index in [4.69, 9.17) is 9.52 Å². The Morgan fingerprint density at radius 3 is 2.54 bits per heavy atom. The Bertz CT molecular complexity index is 920. The second kappa shape index (κ2) is 6.01. The van der Waals surface area contributed by atoms with Crippen molar-refractivity contribution in [1.82, 2.24) is 34.9 Å². The maximum atomic E-state index is 5.51. The average molecular weight is 354 g/mol. The van der Waals surface area contributed by atoms with Crippen LogP contribution in [0.25, 0.3) is 5.65 Å². The monoisotopic (exact) mass is 354 g/mol. The molecule has 2 unspecified atom stereocenters. The first-order valence-corrected chi connectivity index (χ1v) is 9.17. The molecule has 2 aliphatic rings. The first-order chi connectivity index (χ1) is 12.7. The van der Waals surface area contributed by atoms with Gasteiger partial charge in [0.15, 0.2) is 11.5 Å². The van der Waals surface area contributed by atoms with Crippen molar-refractivity contribution in [2.75, 3.05) is 31.1 Å². The van der Waals surface area contributed by atoms with Crippen molar-refractivity contribution in [3.8, 4) is 0 Å². The molecule has 0 spiro atoms. The van der Waals surface area contributed by atoms with Crippen LogP contribution < -0.4 is 4.90 Å². The first kappa shape index (κ1) is 15.7. The highest BCUT2D eigenvalue weighted by atomic mass is 16.4. The van der Waals surface area contributed by atoms with Crippen LogP contribution in [0.2, 0.25) is 0 Å². The number of likely N-dealkylation sites (tertiary alicyclic amines) is 1. The molecule has 9 heteroatoms. The molecule has 0 N–H and O–H groups in total. The molecule has 0 amide bonds. The van der Waals surface area contributed by atoms with Gasteiger partial charge in [-0.2, -0.15) is 4.52 Å². The molecule has 136 valence electrons. The molecule has 26 heavy (non-hydrogen) atoms. The summed E-state index contributed by atoms with van der Waals surface area (Å²) >= 11 is 0. The molecule has 5 heterocycles. The third-order valence-corrected chi connectivity index (χ3v) is 5.44. The smallest absolute Gasteiger partial charge is 0.230 e. The minimum absolute atomic E-state index is 0.632. The van der Waals surface area contributed by atoms with Gasteiger partial charge in [0.05, 0.1) is 6.54 Å². The Kier molecular flexibility index (Phi) is 3.63. The van der Waals surface area contributed by atoms with Gasteiger partial charge in [-0.25, -0.2) is 0 Å². The van der Waals surface area contributed by atoms with E-state index in [0.717, 1.165) is 56.4 Å². The molecule has 3 aromatic rings. The van der Waals surface area contributed by atoms with E-state index in [1.54, 1.807) is 0 Å². The van der Waals surface area contributed by atoms with E-state index in [1.165, 1.54) is 0 Å². The first-order valence-electron chi connectivity index (χ1n) is 9.17. The van der Waals surface area contributed by atoms with Crippen molar-refractivity contribution >= 4 is 11.5 Å². The minimum atomic E-state index is 0.632. The lowest BCUT2D eigenvalue weighted by Gasteiger charge is -2.21. The predicted molar refractivity (Wildman–Crippen MR) is 93.7 cm³/mol. The zero-order chi connectivity index (χ0) is 17.7. The lowest BCUT2D eigenvalue weighted by atomic mass is 10.0. The molecule has 0 bridgehead atoms. The van der Waals surface area contributed by atoms with Crippen LogP contribution in [0.1, 0.15) is 24.5 Å². The Hall–Kier alpha value is -2.55. The Labute approximate surface area is 151 Å². The topological polar surface area (TPSA) is 88.5 Å². The summed E-state index contributed by atoms with van der Waals surface area (Å²) < 4.78 is 7.38. The van der Waals surface area contributed by atoms with Gasteiger partial charge in [-0.05, 0) is 24.0 Å². The van der Waals surface area contributed by atoms with Gasteiger partial charge < -0.3 is 9.32 Å². The Morgan fingerprint density at radius 2 is 1.85 bits per heavy atom. The summed E-state index contributed by atoms with van der Waals surface area (Å²) in [7, 11) is 0. The third kappa shape index (κ3) is 2.63. The normalized spacial score (nSPS) is 23.2. The van der Waals surface area contributed by atoms with Gasteiger partial charge in [0, 0.05) is 39.5 Å². The quantitative estimate of drug-likeness (QED) is 0.684.